The van der Waals surface area contributed by atoms with Gasteiger partial charge in [-0.1, -0.05) is 6.92 Å². The van der Waals surface area contributed by atoms with E-state index in [1.807, 2.05) is 18.4 Å². The molecule has 0 saturated carbocycles. The summed E-state index contributed by atoms with van der Waals surface area (Å²) in [5, 5.41) is 5.19. The van der Waals surface area contributed by atoms with Crippen LogP contribution in [-0.2, 0) is 6.42 Å². The molecule has 5 heteroatoms. The molecule has 0 aliphatic carbocycles. The largest absolute Gasteiger partial charge is 0.310 e. The highest BCUT2D eigenvalue weighted by Crippen LogP contribution is 2.29. The van der Waals surface area contributed by atoms with E-state index in [0.29, 0.717) is 18.5 Å². The van der Waals surface area contributed by atoms with Crippen LogP contribution in [0.3, 0.4) is 0 Å². The van der Waals surface area contributed by atoms with Crippen LogP contribution < -0.4 is 5.32 Å². The standard InChI is InChI=1S/C14H14BrF2NS/c1-2-18-13(8-14-11(15)5-6-19-14)10-7-9(16)3-4-12(10)17/h3-7,13,18H,2,8H2,1H3. The van der Waals surface area contributed by atoms with Gasteiger partial charge in [0.05, 0.1) is 0 Å². The van der Waals surface area contributed by atoms with Crippen molar-refractivity contribution in [3.63, 3.8) is 0 Å². The first-order chi connectivity index (χ1) is 9.11. The molecule has 1 aromatic carbocycles. The van der Waals surface area contributed by atoms with Crippen LogP contribution in [0, 0.1) is 11.6 Å². The number of halogens is 3. The second kappa shape index (κ2) is 6.59. The van der Waals surface area contributed by atoms with Gasteiger partial charge in [0.15, 0.2) is 0 Å². The molecule has 1 heterocycles. The third-order valence-corrected chi connectivity index (χ3v) is 4.81. The Morgan fingerprint density at radius 2 is 2.11 bits per heavy atom. The van der Waals surface area contributed by atoms with E-state index in [1.54, 1.807) is 11.3 Å². The van der Waals surface area contributed by atoms with E-state index >= 15 is 0 Å². The van der Waals surface area contributed by atoms with E-state index in [4.69, 9.17) is 0 Å². The summed E-state index contributed by atoms with van der Waals surface area (Å²) >= 11 is 5.07. The van der Waals surface area contributed by atoms with Crippen LogP contribution in [0.15, 0.2) is 34.1 Å². The lowest BCUT2D eigenvalue weighted by Gasteiger charge is -2.18. The van der Waals surface area contributed by atoms with Crippen molar-refractivity contribution in [3.8, 4) is 0 Å². The number of likely N-dealkylation sites (N-methyl/N-ethyl adjacent to an activating group) is 1. The molecule has 2 aromatic rings. The van der Waals surface area contributed by atoms with Crippen LogP contribution in [0.5, 0.6) is 0 Å². The molecule has 1 N–H and O–H groups in total. The lowest BCUT2D eigenvalue weighted by atomic mass is 10.0. The number of hydrogen-bond donors (Lipinski definition) is 1. The lowest BCUT2D eigenvalue weighted by molar-refractivity contribution is 0.504. The van der Waals surface area contributed by atoms with Gasteiger partial charge in [-0.2, -0.15) is 0 Å². The van der Waals surface area contributed by atoms with E-state index in [-0.39, 0.29) is 11.9 Å². The number of nitrogens with one attached hydrogen (secondary N) is 1. The summed E-state index contributed by atoms with van der Waals surface area (Å²) in [5.74, 6) is -0.787. The van der Waals surface area contributed by atoms with Gasteiger partial charge in [-0.3, -0.25) is 0 Å². The van der Waals surface area contributed by atoms with Crippen molar-refractivity contribution < 1.29 is 8.78 Å². The summed E-state index contributed by atoms with van der Waals surface area (Å²) < 4.78 is 28.2. The maximum atomic E-state index is 13.9. The van der Waals surface area contributed by atoms with Gasteiger partial charge in [-0.15, -0.1) is 11.3 Å². The Labute approximate surface area is 123 Å². The molecule has 0 amide bonds. The van der Waals surface area contributed by atoms with Gasteiger partial charge in [0, 0.05) is 27.4 Å². The van der Waals surface area contributed by atoms with Crippen molar-refractivity contribution in [1.82, 2.24) is 5.32 Å². The molecular weight excluding hydrogens is 332 g/mol. The van der Waals surface area contributed by atoms with Gasteiger partial charge in [0.25, 0.3) is 0 Å². The maximum Gasteiger partial charge on any atom is 0.128 e. The number of hydrogen-bond acceptors (Lipinski definition) is 2. The van der Waals surface area contributed by atoms with Gasteiger partial charge in [0.1, 0.15) is 11.6 Å². The average molecular weight is 346 g/mol. The predicted octanol–water partition coefficient (Wildman–Crippen LogP) is 4.68. The minimum absolute atomic E-state index is 0.226. The Bertz CT molecular complexity index is 556. The number of benzene rings is 1. The van der Waals surface area contributed by atoms with Crippen LogP contribution >= 0.6 is 27.3 Å². The van der Waals surface area contributed by atoms with Crippen LogP contribution in [-0.4, -0.2) is 6.54 Å². The zero-order chi connectivity index (χ0) is 13.8. The normalized spacial score (nSPS) is 12.6. The first-order valence-corrected chi connectivity index (χ1v) is 7.69. The summed E-state index contributed by atoms with van der Waals surface area (Å²) in [6.07, 6.45) is 0.631. The third kappa shape index (κ3) is 3.61. The molecule has 19 heavy (non-hydrogen) atoms. The predicted molar refractivity (Wildman–Crippen MR) is 78.5 cm³/mol. The van der Waals surface area contributed by atoms with Crippen molar-refractivity contribution in [3.05, 3.63) is 56.2 Å². The van der Waals surface area contributed by atoms with Crippen LogP contribution in [0.4, 0.5) is 8.78 Å². The zero-order valence-corrected chi connectivity index (χ0v) is 12.8. The molecule has 0 saturated heterocycles. The summed E-state index contributed by atoms with van der Waals surface area (Å²) in [4.78, 5) is 1.12. The molecule has 1 atom stereocenters. The zero-order valence-electron chi connectivity index (χ0n) is 10.4. The quantitative estimate of drug-likeness (QED) is 0.829. The molecule has 1 nitrogen and oxygen atoms in total. The minimum atomic E-state index is -0.412. The lowest BCUT2D eigenvalue weighted by Crippen LogP contribution is -2.24. The molecule has 0 radical (unpaired) electrons. The Balaban J connectivity index is 2.29. The second-order valence-electron chi connectivity index (χ2n) is 4.17. The average Bonchev–Trinajstić information content (AvgIpc) is 2.78. The van der Waals surface area contributed by atoms with Crippen molar-refractivity contribution in [2.45, 2.75) is 19.4 Å². The first-order valence-electron chi connectivity index (χ1n) is 6.02. The fourth-order valence-electron chi connectivity index (χ4n) is 1.98. The smallest absolute Gasteiger partial charge is 0.128 e. The molecule has 0 aliphatic heterocycles. The molecule has 0 fully saturated rings. The van der Waals surface area contributed by atoms with E-state index in [1.165, 1.54) is 12.1 Å². The molecule has 1 unspecified atom stereocenters. The minimum Gasteiger partial charge on any atom is -0.310 e. The highest BCUT2D eigenvalue weighted by atomic mass is 79.9. The summed E-state index contributed by atoms with van der Waals surface area (Å²) in [6.45, 7) is 2.65. The highest BCUT2D eigenvalue weighted by molar-refractivity contribution is 9.10. The topological polar surface area (TPSA) is 12.0 Å². The molecule has 0 aliphatic rings. The van der Waals surface area contributed by atoms with Gasteiger partial charge < -0.3 is 5.32 Å². The van der Waals surface area contributed by atoms with E-state index in [0.717, 1.165) is 15.4 Å². The molecule has 0 bridgehead atoms. The monoisotopic (exact) mass is 345 g/mol. The summed E-state index contributed by atoms with van der Waals surface area (Å²) in [6, 6.07) is 5.33. The Hall–Kier alpha value is -0.780. The third-order valence-electron chi connectivity index (χ3n) is 2.86. The highest BCUT2D eigenvalue weighted by Gasteiger charge is 2.18. The molecule has 1 aromatic heterocycles. The summed E-state index contributed by atoms with van der Waals surface area (Å²) in [5.41, 5.74) is 0.377. The van der Waals surface area contributed by atoms with E-state index in [9.17, 15) is 8.78 Å². The molecule has 0 spiro atoms. The first kappa shape index (κ1) is 14.6. The van der Waals surface area contributed by atoms with Gasteiger partial charge in [-0.25, -0.2) is 8.78 Å². The molecule has 102 valence electrons. The Morgan fingerprint density at radius 3 is 2.74 bits per heavy atom. The SMILES string of the molecule is CCNC(Cc1sccc1Br)c1cc(F)ccc1F. The fraction of sp³-hybridized carbons (Fsp3) is 0.286. The Kier molecular flexibility index (Phi) is 5.07. The van der Waals surface area contributed by atoms with Gasteiger partial charge in [-0.05, 0) is 52.1 Å². The van der Waals surface area contributed by atoms with Crippen molar-refractivity contribution >= 4 is 27.3 Å². The molecule has 2 rings (SSSR count). The maximum absolute atomic E-state index is 13.9. The van der Waals surface area contributed by atoms with Crippen molar-refractivity contribution in [1.29, 1.82) is 0 Å². The summed E-state index contributed by atoms with van der Waals surface area (Å²) in [7, 11) is 0. The fourth-order valence-corrected chi connectivity index (χ4v) is 3.54. The second-order valence-corrected chi connectivity index (χ2v) is 6.03. The Morgan fingerprint density at radius 1 is 1.32 bits per heavy atom. The van der Waals surface area contributed by atoms with Crippen LogP contribution in [0.25, 0.3) is 0 Å². The van der Waals surface area contributed by atoms with Crippen molar-refractivity contribution in [2.75, 3.05) is 6.54 Å². The van der Waals surface area contributed by atoms with E-state index in [2.05, 4.69) is 21.2 Å². The number of thiophene rings is 1. The van der Waals surface area contributed by atoms with Gasteiger partial charge >= 0.3 is 0 Å². The van der Waals surface area contributed by atoms with Crippen molar-refractivity contribution in [2.24, 2.45) is 0 Å². The number of rotatable bonds is 5. The van der Waals surface area contributed by atoms with Gasteiger partial charge in [0.2, 0.25) is 0 Å². The molecular formula is C14H14BrF2NS. The van der Waals surface area contributed by atoms with E-state index < -0.39 is 5.82 Å². The van der Waals surface area contributed by atoms with Crippen LogP contribution in [0.2, 0.25) is 0 Å². The van der Waals surface area contributed by atoms with Crippen LogP contribution in [0.1, 0.15) is 23.4 Å².